The first-order chi connectivity index (χ1) is 10.2. The molecule has 1 aromatic carbocycles. The number of rotatable bonds is 3. The van der Waals surface area contributed by atoms with Crippen LogP contribution >= 0.6 is 0 Å². The summed E-state index contributed by atoms with van der Waals surface area (Å²) in [4.78, 5) is 25.8. The lowest BCUT2D eigenvalue weighted by Gasteiger charge is -2.18. The first-order valence-electron chi connectivity index (χ1n) is 7.22. The normalized spacial score (nSPS) is 16.8. The molecule has 2 heterocycles. The highest BCUT2D eigenvalue weighted by atomic mass is 16.5. The van der Waals surface area contributed by atoms with Gasteiger partial charge in [0.1, 0.15) is 12.4 Å². The average Bonchev–Trinajstić information content (AvgIpc) is 3.06. The molecule has 2 aliphatic heterocycles. The number of ether oxygens (including phenoxy) is 1. The smallest absolute Gasteiger partial charge is 0.251 e. The molecule has 5 heteroatoms. The van der Waals surface area contributed by atoms with E-state index >= 15 is 0 Å². The van der Waals surface area contributed by atoms with Crippen molar-refractivity contribution in [2.24, 2.45) is 0 Å². The van der Waals surface area contributed by atoms with Crippen LogP contribution in [0.4, 0.5) is 0 Å². The average molecular weight is 286 g/mol. The van der Waals surface area contributed by atoms with Crippen molar-refractivity contribution in [3.63, 3.8) is 0 Å². The highest BCUT2D eigenvalue weighted by Crippen LogP contribution is 2.25. The SMILES string of the molecule is O=C(NCC(=O)N1CCCC1)C1=Cc2ccccc2OC1. The third kappa shape index (κ3) is 3.07. The topological polar surface area (TPSA) is 58.6 Å². The first kappa shape index (κ1) is 13.7. The molecule has 1 N–H and O–H groups in total. The zero-order valence-electron chi connectivity index (χ0n) is 11.8. The summed E-state index contributed by atoms with van der Waals surface area (Å²) < 4.78 is 5.54. The maximum absolute atomic E-state index is 12.1. The molecule has 2 amide bonds. The summed E-state index contributed by atoms with van der Waals surface area (Å²) >= 11 is 0. The molecular formula is C16H18N2O3. The van der Waals surface area contributed by atoms with Gasteiger partial charge in [-0.25, -0.2) is 0 Å². The van der Waals surface area contributed by atoms with E-state index in [-0.39, 0.29) is 25.0 Å². The fourth-order valence-electron chi connectivity index (χ4n) is 2.59. The molecule has 1 aromatic rings. The molecule has 0 aliphatic carbocycles. The second-order valence-electron chi connectivity index (χ2n) is 5.27. The van der Waals surface area contributed by atoms with Crippen molar-refractivity contribution >= 4 is 17.9 Å². The zero-order chi connectivity index (χ0) is 14.7. The van der Waals surface area contributed by atoms with E-state index in [1.54, 1.807) is 4.90 Å². The molecule has 0 bridgehead atoms. The van der Waals surface area contributed by atoms with Crippen LogP contribution in [-0.2, 0) is 9.59 Å². The third-order valence-electron chi connectivity index (χ3n) is 3.78. The molecule has 0 aromatic heterocycles. The minimum Gasteiger partial charge on any atom is -0.488 e. The van der Waals surface area contributed by atoms with E-state index in [0.717, 1.165) is 37.2 Å². The van der Waals surface area contributed by atoms with Crippen LogP contribution in [0, 0.1) is 0 Å². The first-order valence-corrected chi connectivity index (χ1v) is 7.22. The third-order valence-corrected chi connectivity index (χ3v) is 3.78. The maximum Gasteiger partial charge on any atom is 0.251 e. The largest absolute Gasteiger partial charge is 0.488 e. The van der Waals surface area contributed by atoms with Crippen LogP contribution < -0.4 is 10.1 Å². The molecule has 3 rings (SSSR count). The van der Waals surface area contributed by atoms with Crippen LogP contribution in [0.5, 0.6) is 5.75 Å². The Hall–Kier alpha value is -2.30. The van der Waals surface area contributed by atoms with Crippen molar-refractivity contribution in [1.82, 2.24) is 10.2 Å². The van der Waals surface area contributed by atoms with E-state index in [9.17, 15) is 9.59 Å². The van der Waals surface area contributed by atoms with Gasteiger partial charge in [0, 0.05) is 18.7 Å². The molecule has 1 saturated heterocycles. The number of para-hydroxylation sites is 1. The van der Waals surface area contributed by atoms with Gasteiger partial charge in [0.15, 0.2) is 0 Å². The Morgan fingerprint density at radius 1 is 1.19 bits per heavy atom. The summed E-state index contributed by atoms with van der Waals surface area (Å²) in [7, 11) is 0. The van der Waals surface area contributed by atoms with Gasteiger partial charge in [0.25, 0.3) is 5.91 Å². The number of nitrogens with zero attached hydrogens (tertiary/aromatic N) is 1. The number of amides is 2. The van der Waals surface area contributed by atoms with E-state index in [1.165, 1.54) is 0 Å². The van der Waals surface area contributed by atoms with E-state index in [0.29, 0.717) is 5.57 Å². The number of benzene rings is 1. The lowest BCUT2D eigenvalue weighted by Crippen LogP contribution is -2.39. The van der Waals surface area contributed by atoms with Crippen molar-refractivity contribution in [2.75, 3.05) is 26.2 Å². The summed E-state index contributed by atoms with van der Waals surface area (Å²) in [6, 6.07) is 7.57. The van der Waals surface area contributed by atoms with Crippen LogP contribution in [0.15, 0.2) is 29.8 Å². The molecular weight excluding hydrogens is 268 g/mol. The van der Waals surface area contributed by atoms with Crippen molar-refractivity contribution < 1.29 is 14.3 Å². The molecule has 2 aliphatic rings. The minimum absolute atomic E-state index is 0.0152. The molecule has 110 valence electrons. The van der Waals surface area contributed by atoms with Gasteiger partial charge in [-0.2, -0.15) is 0 Å². The van der Waals surface area contributed by atoms with Gasteiger partial charge in [-0.05, 0) is 25.0 Å². The summed E-state index contributed by atoms with van der Waals surface area (Å²) in [5.41, 5.74) is 1.43. The van der Waals surface area contributed by atoms with Crippen molar-refractivity contribution in [1.29, 1.82) is 0 Å². The Morgan fingerprint density at radius 3 is 2.76 bits per heavy atom. The van der Waals surface area contributed by atoms with Crippen LogP contribution in [0.3, 0.4) is 0 Å². The number of likely N-dealkylation sites (tertiary alicyclic amines) is 1. The quantitative estimate of drug-likeness (QED) is 0.908. The molecule has 1 fully saturated rings. The fourth-order valence-corrected chi connectivity index (χ4v) is 2.59. The highest BCUT2D eigenvalue weighted by Gasteiger charge is 2.20. The predicted molar refractivity (Wildman–Crippen MR) is 78.7 cm³/mol. The second-order valence-corrected chi connectivity index (χ2v) is 5.27. The van der Waals surface area contributed by atoms with Crippen LogP contribution in [0.2, 0.25) is 0 Å². The lowest BCUT2D eigenvalue weighted by atomic mass is 10.1. The van der Waals surface area contributed by atoms with Crippen molar-refractivity contribution in [3.8, 4) is 5.75 Å². The Bertz CT molecular complexity index is 589. The maximum atomic E-state index is 12.1. The highest BCUT2D eigenvalue weighted by molar-refractivity contribution is 6.00. The molecule has 0 unspecified atom stereocenters. The molecule has 0 atom stereocenters. The number of carbonyl (C=O) groups excluding carboxylic acids is 2. The van der Waals surface area contributed by atoms with Gasteiger partial charge >= 0.3 is 0 Å². The van der Waals surface area contributed by atoms with Crippen LogP contribution in [0.1, 0.15) is 18.4 Å². The van der Waals surface area contributed by atoms with E-state index in [2.05, 4.69) is 5.32 Å². The number of hydrogen-bond donors (Lipinski definition) is 1. The second kappa shape index (κ2) is 5.99. The van der Waals surface area contributed by atoms with Gasteiger partial charge in [-0.3, -0.25) is 9.59 Å². The molecule has 21 heavy (non-hydrogen) atoms. The van der Waals surface area contributed by atoms with E-state index in [1.807, 2.05) is 30.3 Å². The van der Waals surface area contributed by atoms with Crippen molar-refractivity contribution in [2.45, 2.75) is 12.8 Å². The summed E-state index contributed by atoms with van der Waals surface area (Å²) in [5.74, 6) is 0.526. The Labute approximate surface area is 123 Å². The van der Waals surface area contributed by atoms with Gasteiger partial charge < -0.3 is 15.0 Å². The molecule has 0 saturated carbocycles. The standard InChI is InChI=1S/C16H18N2O3/c19-15(18-7-3-4-8-18)10-17-16(20)13-9-12-5-1-2-6-14(12)21-11-13/h1-2,5-6,9H,3-4,7-8,10-11H2,(H,17,20). The predicted octanol–water partition coefficient (Wildman–Crippen LogP) is 1.20. The van der Waals surface area contributed by atoms with Crippen molar-refractivity contribution in [3.05, 3.63) is 35.4 Å². The summed E-state index contributed by atoms with van der Waals surface area (Å²) in [6.07, 6.45) is 3.92. The van der Waals surface area contributed by atoms with Gasteiger partial charge in [-0.1, -0.05) is 18.2 Å². The van der Waals surface area contributed by atoms with Gasteiger partial charge in [0.05, 0.1) is 12.1 Å². The zero-order valence-corrected chi connectivity index (χ0v) is 11.8. The number of fused-ring (bicyclic) bond motifs is 1. The van der Waals surface area contributed by atoms with E-state index < -0.39 is 0 Å². The van der Waals surface area contributed by atoms with Gasteiger partial charge in [-0.15, -0.1) is 0 Å². The Balaban J connectivity index is 1.59. The summed E-state index contributed by atoms with van der Waals surface area (Å²) in [5, 5.41) is 2.68. The fraction of sp³-hybridized carbons (Fsp3) is 0.375. The minimum atomic E-state index is -0.239. The number of carbonyl (C=O) groups is 2. The molecule has 0 radical (unpaired) electrons. The number of nitrogens with one attached hydrogen (secondary N) is 1. The Kier molecular flexibility index (Phi) is 3.90. The molecule has 5 nitrogen and oxygen atoms in total. The van der Waals surface area contributed by atoms with Gasteiger partial charge in [0.2, 0.25) is 5.91 Å². The number of hydrogen-bond acceptors (Lipinski definition) is 3. The summed E-state index contributed by atoms with van der Waals surface area (Å²) in [6.45, 7) is 1.89. The van der Waals surface area contributed by atoms with E-state index in [4.69, 9.17) is 4.74 Å². The monoisotopic (exact) mass is 286 g/mol. The Morgan fingerprint density at radius 2 is 1.95 bits per heavy atom. The van der Waals surface area contributed by atoms with Crippen LogP contribution in [0.25, 0.3) is 6.08 Å². The molecule has 0 spiro atoms. The van der Waals surface area contributed by atoms with Crippen LogP contribution in [-0.4, -0.2) is 43.0 Å². The lowest BCUT2D eigenvalue weighted by molar-refractivity contribution is -0.131.